The van der Waals surface area contributed by atoms with Gasteiger partial charge in [-0.2, -0.15) is 9.97 Å². The third-order valence-electron chi connectivity index (χ3n) is 13.1. The molecule has 0 unspecified atom stereocenters. The van der Waals surface area contributed by atoms with E-state index in [0.717, 1.165) is 44.7 Å². The van der Waals surface area contributed by atoms with Gasteiger partial charge in [-0.25, -0.2) is 13.2 Å². The fourth-order valence-corrected chi connectivity index (χ4v) is 10.9. The smallest absolute Gasteiger partial charge is 0.319 e. The van der Waals surface area contributed by atoms with Gasteiger partial charge in [-0.3, -0.25) is 9.88 Å². The van der Waals surface area contributed by atoms with Crippen molar-refractivity contribution in [1.29, 1.82) is 0 Å². The number of methoxy groups -OCH3 is 1. The topological polar surface area (TPSA) is 91.3 Å². The molecule has 4 aliphatic rings. The van der Waals surface area contributed by atoms with Crippen LogP contribution in [0.2, 0.25) is 18.1 Å². The Kier molecular flexibility index (Phi) is 10.7. The molecule has 0 N–H and O–H groups in total. The summed E-state index contributed by atoms with van der Waals surface area (Å²) >= 11 is 0. The van der Waals surface area contributed by atoms with Crippen LogP contribution in [0.25, 0.3) is 32.9 Å². The van der Waals surface area contributed by atoms with E-state index in [1.165, 1.54) is 38.3 Å². The van der Waals surface area contributed by atoms with Crippen molar-refractivity contribution < 1.29 is 36.5 Å². The van der Waals surface area contributed by atoms with Gasteiger partial charge in [0.15, 0.2) is 32.6 Å². The second-order valence-corrected chi connectivity index (χ2v) is 23.1. The summed E-state index contributed by atoms with van der Waals surface area (Å²) in [5, 5.41) is 0.513. The number of pyridine rings is 1. The molecule has 0 spiro atoms. The minimum atomic E-state index is -2.25. The molecule has 2 aromatic carbocycles. The van der Waals surface area contributed by atoms with Crippen molar-refractivity contribution in [1.82, 2.24) is 19.9 Å². The number of aromatic nitrogens is 3. The van der Waals surface area contributed by atoms with E-state index in [2.05, 4.69) is 55.6 Å². The summed E-state index contributed by atoms with van der Waals surface area (Å²) < 4.78 is 78.5. The van der Waals surface area contributed by atoms with Crippen LogP contribution in [0.15, 0.2) is 30.5 Å². The monoisotopic (exact) mass is 807 g/mol. The van der Waals surface area contributed by atoms with Crippen LogP contribution in [-0.2, 0) is 13.9 Å². The number of benzene rings is 2. The quantitative estimate of drug-likeness (QED) is 0.108. The number of rotatable bonds is 11. The largest absolute Gasteiger partial charge is 0.468 e. The molecule has 4 aromatic rings. The summed E-state index contributed by atoms with van der Waals surface area (Å²) in [6.07, 6.45) is 9.55. The molecular weight excluding hydrogens is 752 g/mol. The highest BCUT2D eigenvalue weighted by molar-refractivity contribution is 6.74. The number of halogens is 3. The van der Waals surface area contributed by atoms with Gasteiger partial charge >= 0.3 is 6.01 Å². The molecule has 0 bridgehead atoms. The Morgan fingerprint density at radius 2 is 1.77 bits per heavy atom. The molecule has 14 heteroatoms. The number of hydrogen-bond acceptors (Lipinski definition) is 10. The first-order valence-electron chi connectivity index (χ1n) is 20.4. The van der Waals surface area contributed by atoms with Crippen LogP contribution >= 0.6 is 0 Å². The SMILES string of the molecule is COCOc1cc(-c2ncc3c(N4CCOC[C@@](C)(O[Si](C)(C)C(C)(C)C)C4)nc(OC[C@]45CCC[C@H]4N(C4CC4)CCC5)nc3c2F)c2c(F)c(F)ccc2c1. The van der Waals surface area contributed by atoms with Crippen molar-refractivity contribution in [2.75, 3.05) is 58.3 Å². The van der Waals surface area contributed by atoms with Crippen LogP contribution in [0.4, 0.5) is 19.0 Å². The molecular formula is C43H56F3N5O5Si. The Hall–Kier alpha value is -3.56. The van der Waals surface area contributed by atoms with E-state index in [-0.39, 0.29) is 51.2 Å². The fourth-order valence-electron chi connectivity index (χ4n) is 9.28. The Labute approximate surface area is 334 Å². The summed E-state index contributed by atoms with van der Waals surface area (Å²) in [6.45, 7) is 16.2. The van der Waals surface area contributed by atoms with Crippen molar-refractivity contribution in [3.8, 4) is 23.0 Å². The van der Waals surface area contributed by atoms with Gasteiger partial charge in [-0.15, -0.1) is 0 Å². The van der Waals surface area contributed by atoms with Gasteiger partial charge in [0.1, 0.15) is 22.8 Å². The van der Waals surface area contributed by atoms with Gasteiger partial charge in [0, 0.05) is 54.8 Å². The maximum atomic E-state index is 17.4. The molecule has 2 aromatic heterocycles. The highest BCUT2D eigenvalue weighted by Gasteiger charge is 2.52. The van der Waals surface area contributed by atoms with E-state index in [0.29, 0.717) is 61.6 Å². The molecule has 4 fully saturated rings. The Morgan fingerprint density at radius 3 is 2.53 bits per heavy atom. The molecule has 10 nitrogen and oxygen atoms in total. The molecule has 57 heavy (non-hydrogen) atoms. The van der Waals surface area contributed by atoms with E-state index < -0.39 is 31.4 Å². The first-order chi connectivity index (χ1) is 27.1. The van der Waals surface area contributed by atoms with Gasteiger partial charge in [-0.05, 0) is 93.7 Å². The summed E-state index contributed by atoms with van der Waals surface area (Å²) in [6, 6.07) is 6.64. The second-order valence-electron chi connectivity index (χ2n) is 18.4. The Bertz CT molecular complexity index is 2150. The van der Waals surface area contributed by atoms with Crippen LogP contribution in [0.3, 0.4) is 0 Å². The number of fused-ring (bicyclic) bond motifs is 3. The third-order valence-corrected chi connectivity index (χ3v) is 17.7. The van der Waals surface area contributed by atoms with Crippen LogP contribution in [0.5, 0.6) is 11.8 Å². The number of piperidine rings is 1. The summed E-state index contributed by atoms with van der Waals surface area (Å²) in [7, 11) is -0.778. The molecule has 0 amide bonds. The van der Waals surface area contributed by atoms with Crippen LogP contribution in [0, 0.1) is 22.9 Å². The van der Waals surface area contributed by atoms with Gasteiger partial charge < -0.3 is 28.3 Å². The van der Waals surface area contributed by atoms with Gasteiger partial charge in [0.05, 0.1) is 30.8 Å². The van der Waals surface area contributed by atoms with Crippen LogP contribution in [0.1, 0.15) is 72.6 Å². The lowest BCUT2D eigenvalue weighted by Crippen LogP contribution is -2.54. The summed E-state index contributed by atoms with van der Waals surface area (Å²) in [5.74, 6) is -2.25. The minimum Gasteiger partial charge on any atom is -0.468 e. The first kappa shape index (κ1) is 40.2. The van der Waals surface area contributed by atoms with Crippen molar-refractivity contribution in [3.63, 3.8) is 0 Å². The Balaban J connectivity index is 1.25. The standard InChI is InChI=1S/C43H56F3N5O5Si/c1-41(2,3)57(6,7)56-42(4)23-50(18-19-53-24-42)39-31-22-47-37(30-21-29(55-26-52-5)20-27-11-14-32(44)35(45)34(27)30)36(46)38(31)48-40(49-39)54-25-43-15-8-10-33(43)51(17-9-16-43)28-12-13-28/h11,14,20-22,28,33H,8-10,12-13,15-19,23-26H2,1-7H3/t33-,42+,43-/m1/s1. The van der Waals surface area contributed by atoms with Crippen LogP contribution in [-0.4, -0.2) is 99.2 Å². The predicted molar refractivity (Wildman–Crippen MR) is 217 cm³/mol. The predicted octanol–water partition coefficient (Wildman–Crippen LogP) is 9.04. The molecule has 2 saturated heterocycles. The van der Waals surface area contributed by atoms with Gasteiger partial charge in [0.2, 0.25) is 0 Å². The minimum absolute atomic E-state index is 0.0196. The Morgan fingerprint density at radius 1 is 0.982 bits per heavy atom. The van der Waals surface area contributed by atoms with E-state index in [4.69, 9.17) is 33.3 Å². The number of anilines is 1. The van der Waals surface area contributed by atoms with E-state index >= 15 is 8.78 Å². The number of likely N-dealkylation sites (tertiary alicyclic amines) is 1. The van der Waals surface area contributed by atoms with Crippen molar-refractivity contribution in [2.24, 2.45) is 5.41 Å². The number of hydrogen-bond donors (Lipinski definition) is 0. The molecule has 8 rings (SSSR count). The van der Waals surface area contributed by atoms with Crippen molar-refractivity contribution in [2.45, 2.75) is 108 Å². The molecule has 2 aliphatic carbocycles. The zero-order valence-corrected chi connectivity index (χ0v) is 35.4. The lowest BCUT2D eigenvalue weighted by molar-refractivity contribution is -0.00478. The zero-order chi connectivity index (χ0) is 40.3. The summed E-state index contributed by atoms with van der Waals surface area (Å²) in [5.41, 5.74) is -0.948. The normalized spacial score (nSPS) is 24.9. The highest BCUT2D eigenvalue weighted by Crippen LogP contribution is 2.51. The average Bonchev–Trinajstić information content (AvgIpc) is 3.95. The molecule has 2 saturated carbocycles. The van der Waals surface area contributed by atoms with Crippen molar-refractivity contribution in [3.05, 3.63) is 47.9 Å². The maximum Gasteiger partial charge on any atom is 0.319 e. The second kappa shape index (κ2) is 15.2. The van der Waals surface area contributed by atoms with Crippen molar-refractivity contribution >= 4 is 35.8 Å². The van der Waals surface area contributed by atoms with Gasteiger partial charge in [0.25, 0.3) is 0 Å². The molecule has 308 valence electrons. The average molecular weight is 808 g/mol. The maximum absolute atomic E-state index is 17.4. The third kappa shape index (κ3) is 7.72. The van der Waals surface area contributed by atoms with E-state index in [1.54, 1.807) is 6.07 Å². The van der Waals surface area contributed by atoms with E-state index in [9.17, 15) is 4.39 Å². The lowest BCUT2D eigenvalue weighted by Gasteiger charge is -2.46. The zero-order valence-electron chi connectivity index (χ0n) is 34.4. The molecule has 4 heterocycles. The lowest BCUT2D eigenvalue weighted by atomic mass is 9.75. The molecule has 0 radical (unpaired) electrons. The summed E-state index contributed by atoms with van der Waals surface area (Å²) in [4.78, 5) is 19.2. The number of ether oxygens (including phenoxy) is 4. The van der Waals surface area contributed by atoms with Gasteiger partial charge in [-0.1, -0.05) is 33.3 Å². The first-order valence-corrected chi connectivity index (χ1v) is 23.3. The molecule has 3 atom stereocenters. The fraction of sp³-hybridized carbons (Fsp3) is 0.605. The van der Waals surface area contributed by atoms with Crippen LogP contribution < -0.4 is 14.4 Å². The van der Waals surface area contributed by atoms with E-state index in [1.807, 2.05) is 0 Å². The highest BCUT2D eigenvalue weighted by atomic mass is 28.4. The number of nitrogens with zero attached hydrogens (tertiary/aromatic N) is 5. The molecule has 2 aliphatic heterocycles.